The maximum Gasteiger partial charge on any atom is 0.227 e. The van der Waals surface area contributed by atoms with E-state index in [-0.39, 0.29) is 0 Å². The Morgan fingerprint density at radius 3 is 2.53 bits per heavy atom. The fourth-order valence-electron chi connectivity index (χ4n) is 2.34. The van der Waals surface area contributed by atoms with Gasteiger partial charge in [-0.3, -0.25) is 0 Å². The summed E-state index contributed by atoms with van der Waals surface area (Å²) in [5.74, 6) is 1.19. The number of benzene rings is 1. The molecule has 98 valence electrons. The molecule has 1 aliphatic heterocycles. The monoisotopic (exact) mass is 274 g/mol. The molecule has 1 saturated heterocycles. The molecule has 0 atom stereocenters. The van der Waals surface area contributed by atoms with Crippen LogP contribution in [-0.2, 0) is 0 Å². The van der Waals surface area contributed by atoms with Crippen LogP contribution in [0.4, 0.5) is 11.8 Å². The molecule has 2 heterocycles. The number of nitrogens with two attached hydrogens (primary N) is 1. The third kappa shape index (κ3) is 2.36. The Labute approximate surface area is 117 Å². The van der Waals surface area contributed by atoms with E-state index in [1.165, 1.54) is 12.8 Å². The van der Waals surface area contributed by atoms with Crippen LogP contribution in [0.25, 0.3) is 11.1 Å². The van der Waals surface area contributed by atoms with E-state index in [9.17, 15) is 0 Å². The third-order valence-corrected chi connectivity index (χ3v) is 3.69. The van der Waals surface area contributed by atoms with E-state index in [4.69, 9.17) is 17.3 Å². The van der Waals surface area contributed by atoms with E-state index in [1.54, 1.807) is 6.20 Å². The van der Waals surface area contributed by atoms with Crippen molar-refractivity contribution in [1.82, 2.24) is 9.97 Å². The van der Waals surface area contributed by atoms with Gasteiger partial charge in [0.2, 0.25) is 5.95 Å². The van der Waals surface area contributed by atoms with Gasteiger partial charge >= 0.3 is 0 Å². The smallest absolute Gasteiger partial charge is 0.227 e. The lowest BCUT2D eigenvalue weighted by atomic mass is 10.1. The molecule has 1 aromatic heterocycles. The second-order valence-electron chi connectivity index (χ2n) is 4.64. The predicted octanol–water partition coefficient (Wildman–Crippen LogP) is 2.98. The average molecular weight is 275 g/mol. The number of nitrogens with zero attached hydrogens (tertiary/aromatic N) is 3. The molecule has 0 saturated carbocycles. The van der Waals surface area contributed by atoms with E-state index in [2.05, 4.69) is 14.9 Å². The van der Waals surface area contributed by atoms with Crippen LogP contribution in [0.15, 0.2) is 30.5 Å². The molecule has 2 N–H and O–H groups in total. The first kappa shape index (κ1) is 12.2. The maximum absolute atomic E-state index is 6.18. The summed E-state index contributed by atoms with van der Waals surface area (Å²) in [4.78, 5) is 11.0. The second kappa shape index (κ2) is 5.05. The lowest BCUT2D eigenvalue weighted by molar-refractivity contribution is 0.901. The summed E-state index contributed by atoms with van der Waals surface area (Å²) in [7, 11) is 0. The molecule has 4 nitrogen and oxygen atoms in total. The lowest BCUT2D eigenvalue weighted by Crippen LogP contribution is -2.20. The molecular weight excluding hydrogens is 260 g/mol. The Morgan fingerprint density at radius 2 is 1.84 bits per heavy atom. The van der Waals surface area contributed by atoms with E-state index < -0.39 is 0 Å². The van der Waals surface area contributed by atoms with Crippen LogP contribution in [-0.4, -0.2) is 23.1 Å². The minimum atomic E-state index is 0.477. The van der Waals surface area contributed by atoms with E-state index >= 15 is 0 Å². The SMILES string of the molecule is Nc1nc(N2CCCC2)ncc1-c1ccccc1Cl. The molecule has 0 unspecified atom stereocenters. The molecule has 5 heteroatoms. The van der Waals surface area contributed by atoms with Gasteiger partial charge in [-0.15, -0.1) is 0 Å². The van der Waals surface area contributed by atoms with E-state index in [0.29, 0.717) is 16.8 Å². The number of hydrogen-bond acceptors (Lipinski definition) is 4. The first-order valence-corrected chi connectivity index (χ1v) is 6.76. The van der Waals surface area contributed by atoms with Crippen LogP contribution in [0.1, 0.15) is 12.8 Å². The summed E-state index contributed by atoms with van der Waals surface area (Å²) in [6, 6.07) is 7.58. The van der Waals surface area contributed by atoms with Crippen LogP contribution < -0.4 is 10.6 Å². The van der Waals surface area contributed by atoms with Gasteiger partial charge in [-0.1, -0.05) is 29.8 Å². The summed E-state index contributed by atoms with van der Waals surface area (Å²) in [6.45, 7) is 2.01. The molecule has 1 fully saturated rings. The predicted molar refractivity (Wildman–Crippen MR) is 78.3 cm³/mol. The summed E-state index contributed by atoms with van der Waals surface area (Å²) >= 11 is 6.18. The van der Waals surface area contributed by atoms with Gasteiger partial charge in [-0.2, -0.15) is 4.98 Å². The zero-order valence-corrected chi connectivity index (χ0v) is 11.3. The van der Waals surface area contributed by atoms with Gasteiger partial charge in [-0.05, 0) is 18.9 Å². The highest BCUT2D eigenvalue weighted by molar-refractivity contribution is 6.33. The number of aromatic nitrogens is 2. The summed E-state index contributed by atoms with van der Waals surface area (Å²) in [5.41, 5.74) is 7.71. The highest BCUT2D eigenvalue weighted by atomic mass is 35.5. The molecule has 0 amide bonds. The highest BCUT2D eigenvalue weighted by Gasteiger charge is 2.17. The molecule has 1 aromatic carbocycles. The normalized spacial score (nSPS) is 14.9. The largest absolute Gasteiger partial charge is 0.383 e. The van der Waals surface area contributed by atoms with Crippen molar-refractivity contribution in [3.05, 3.63) is 35.5 Å². The van der Waals surface area contributed by atoms with E-state index in [0.717, 1.165) is 24.2 Å². The maximum atomic E-state index is 6.18. The zero-order valence-electron chi connectivity index (χ0n) is 10.5. The minimum absolute atomic E-state index is 0.477. The van der Waals surface area contributed by atoms with Gasteiger partial charge in [0.1, 0.15) is 5.82 Å². The Bertz CT molecular complexity index is 594. The van der Waals surface area contributed by atoms with Gasteiger partial charge in [0, 0.05) is 35.4 Å². The fraction of sp³-hybridized carbons (Fsp3) is 0.286. The molecule has 0 spiro atoms. The molecule has 1 aliphatic rings. The van der Waals surface area contributed by atoms with Crippen LogP contribution in [0.5, 0.6) is 0 Å². The minimum Gasteiger partial charge on any atom is -0.383 e. The molecule has 0 bridgehead atoms. The molecular formula is C14H15ClN4. The average Bonchev–Trinajstić information content (AvgIpc) is 2.94. The first-order valence-electron chi connectivity index (χ1n) is 6.38. The molecule has 2 aromatic rings. The summed E-state index contributed by atoms with van der Waals surface area (Å²) in [6.07, 6.45) is 4.14. The van der Waals surface area contributed by atoms with Crippen molar-refractivity contribution in [2.75, 3.05) is 23.7 Å². The van der Waals surface area contributed by atoms with Crippen molar-refractivity contribution in [2.24, 2.45) is 0 Å². The quantitative estimate of drug-likeness (QED) is 0.915. The molecule has 0 radical (unpaired) electrons. The Morgan fingerprint density at radius 1 is 1.11 bits per heavy atom. The number of rotatable bonds is 2. The molecule has 3 rings (SSSR count). The number of nitrogen functional groups attached to an aromatic ring is 1. The van der Waals surface area contributed by atoms with Crippen LogP contribution >= 0.6 is 11.6 Å². The first-order chi connectivity index (χ1) is 9.25. The van der Waals surface area contributed by atoms with Crippen LogP contribution in [0, 0.1) is 0 Å². The Hall–Kier alpha value is -1.81. The third-order valence-electron chi connectivity index (χ3n) is 3.36. The highest BCUT2D eigenvalue weighted by Crippen LogP contribution is 2.31. The van der Waals surface area contributed by atoms with Crippen LogP contribution in [0.2, 0.25) is 5.02 Å². The van der Waals surface area contributed by atoms with Crippen molar-refractivity contribution in [2.45, 2.75) is 12.8 Å². The standard InChI is InChI=1S/C14H15ClN4/c15-12-6-2-1-5-10(12)11-9-17-14(18-13(11)16)19-7-3-4-8-19/h1-2,5-6,9H,3-4,7-8H2,(H2,16,17,18). The zero-order chi connectivity index (χ0) is 13.2. The van der Waals surface area contributed by atoms with Crippen LogP contribution in [0.3, 0.4) is 0 Å². The van der Waals surface area contributed by atoms with Crippen molar-refractivity contribution >= 4 is 23.4 Å². The second-order valence-corrected chi connectivity index (χ2v) is 5.05. The van der Waals surface area contributed by atoms with Crippen molar-refractivity contribution < 1.29 is 0 Å². The Balaban J connectivity index is 1.98. The van der Waals surface area contributed by atoms with Gasteiger partial charge in [0.25, 0.3) is 0 Å². The van der Waals surface area contributed by atoms with Crippen molar-refractivity contribution in [3.8, 4) is 11.1 Å². The van der Waals surface area contributed by atoms with Gasteiger partial charge in [0.15, 0.2) is 0 Å². The Kier molecular flexibility index (Phi) is 3.25. The summed E-state index contributed by atoms with van der Waals surface area (Å²) < 4.78 is 0. The topological polar surface area (TPSA) is 55.0 Å². The number of hydrogen-bond donors (Lipinski definition) is 1. The van der Waals surface area contributed by atoms with Gasteiger partial charge < -0.3 is 10.6 Å². The summed E-state index contributed by atoms with van der Waals surface area (Å²) in [5, 5.41) is 0.659. The molecule has 0 aliphatic carbocycles. The van der Waals surface area contributed by atoms with Gasteiger partial charge in [-0.25, -0.2) is 4.98 Å². The number of halogens is 1. The van der Waals surface area contributed by atoms with Crippen molar-refractivity contribution in [1.29, 1.82) is 0 Å². The molecule has 19 heavy (non-hydrogen) atoms. The van der Waals surface area contributed by atoms with Crippen molar-refractivity contribution in [3.63, 3.8) is 0 Å². The fourth-order valence-corrected chi connectivity index (χ4v) is 2.58. The number of anilines is 2. The lowest BCUT2D eigenvalue weighted by Gasteiger charge is -2.16. The van der Waals surface area contributed by atoms with Gasteiger partial charge in [0.05, 0.1) is 0 Å². The van der Waals surface area contributed by atoms with E-state index in [1.807, 2.05) is 24.3 Å².